The van der Waals surface area contributed by atoms with Gasteiger partial charge in [0.15, 0.2) is 0 Å². The first-order valence-corrected chi connectivity index (χ1v) is 7.17. The average molecular weight is 356 g/mol. The van der Waals surface area contributed by atoms with Crippen molar-refractivity contribution in [1.29, 1.82) is 0 Å². The zero-order valence-electron chi connectivity index (χ0n) is 11.0. The average Bonchev–Trinajstić information content (AvgIpc) is 2.83. The van der Waals surface area contributed by atoms with Gasteiger partial charge in [0.1, 0.15) is 5.15 Å². The van der Waals surface area contributed by atoms with Gasteiger partial charge in [-0.25, -0.2) is 4.79 Å². The minimum atomic E-state index is -0.0696. The molecule has 0 aliphatic rings. The van der Waals surface area contributed by atoms with Gasteiger partial charge in [-0.05, 0) is 18.2 Å². The Balaban J connectivity index is 2.16. The number of imidazole rings is 1. The summed E-state index contributed by atoms with van der Waals surface area (Å²) >= 11 is 9.40. The third-order valence-corrected chi connectivity index (χ3v) is 4.15. The maximum absolute atomic E-state index is 12.3. The lowest BCUT2D eigenvalue weighted by molar-refractivity contribution is 0.687. The molecule has 0 atom stereocenters. The van der Waals surface area contributed by atoms with Crippen molar-refractivity contribution in [3.63, 3.8) is 0 Å². The molecule has 0 fully saturated rings. The Morgan fingerprint density at radius 3 is 2.65 bits per heavy atom. The van der Waals surface area contributed by atoms with Gasteiger partial charge >= 0.3 is 5.69 Å². The minimum absolute atomic E-state index is 0.0696. The molecule has 0 aliphatic heterocycles. The second-order valence-corrected chi connectivity index (χ2v) is 5.95. The molecule has 2 heterocycles. The van der Waals surface area contributed by atoms with Gasteiger partial charge in [-0.2, -0.15) is 5.10 Å². The van der Waals surface area contributed by atoms with E-state index in [-0.39, 0.29) is 5.69 Å². The summed E-state index contributed by atoms with van der Waals surface area (Å²) < 4.78 is 5.85. The molecule has 0 saturated heterocycles. The summed E-state index contributed by atoms with van der Waals surface area (Å²) in [6.07, 6.45) is 0. The first-order chi connectivity index (χ1) is 9.47. The molecule has 0 amide bonds. The predicted molar refractivity (Wildman–Crippen MR) is 82.2 cm³/mol. The van der Waals surface area contributed by atoms with Crippen molar-refractivity contribution < 1.29 is 0 Å². The van der Waals surface area contributed by atoms with Gasteiger partial charge in [-0.1, -0.05) is 27.5 Å². The van der Waals surface area contributed by atoms with E-state index in [0.29, 0.717) is 11.7 Å². The van der Waals surface area contributed by atoms with Gasteiger partial charge in [0.25, 0.3) is 0 Å². The smallest absolute Gasteiger partial charge is 0.295 e. The number of hydrogen-bond acceptors (Lipinski definition) is 2. The van der Waals surface area contributed by atoms with E-state index in [0.717, 1.165) is 21.2 Å². The Morgan fingerprint density at radius 1 is 1.25 bits per heavy atom. The third-order valence-electron chi connectivity index (χ3n) is 3.30. The van der Waals surface area contributed by atoms with E-state index >= 15 is 0 Å². The van der Waals surface area contributed by atoms with Crippen molar-refractivity contribution in [2.45, 2.75) is 6.54 Å². The molecule has 0 bridgehead atoms. The molecule has 104 valence electrons. The maximum Gasteiger partial charge on any atom is 0.329 e. The topological polar surface area (TPSA) is 44.8 Å². The van der Waals surface area contributed by atoms with Crippen LogP contribution in [0.4, 0.5) is 0 Å². The normalized spacial score (nSPS) is 11.4. The maximum atomic E-state index is 12.3. The van der Waals surface area contributed by atoms with Crippen LogP contribution in [0.1, 0.15) is 5.69 Å². The minimum Gasteiger partial charge on any atom is -0.295 e. The Bertz CT molecular complexity index is 842. The molecule has 0 aliphatic carbocycles. The largest absolute Gasteiger partial charge is 0.329 e. The Hall–Kier alpha value is -1.53. The lowest BCUT2D eigenvalue weighted by Crippen LogP contribution is -2.22. The van der Waals surface area contributed by atoms with Crippen molar-refractivity contribution in [1.82, 2.24) is 18.9 Å². The zero-order valence-corrected chi connectivity index (χ0v) is 13.3. The van der Waals surface area contributed by atoms with E-state index in [2.05, 4.69) is 21.0 Å². The van der Waals surface area contributed by atoms with Gasteiger partial charge in [0, 0.05) is 24.6 Å². The highest BCUT2D eigenvalue weighted by atomic mass is 79.9. The molecular weight excluding hydrogens is 344 g/mol. The number of halogens is 2. The van der Waals surface area contributed by atoms with Gasteiger partial charge in [-0.3, -0.25) is 13.8 Å². The predicted octanol–water partition coefficient (Wildman–Crippen LogP) is 2.54. The van der Waals surface area contributed by atoms with E-state index in [1.54, 1.807) is 34.0 Å². The van der Waals surface area contributed by atoms with Crippen LogP contribution < -0.4 is 5.69 Å². The summed E-state index contributed by atoms with van der Waals surface area (Å²) in [6.45, 7) is 0.401. The second-order valence-electron chi connectivity index (χ2n) is 4.64. The fraction of sp³-hybridized carbons (Fsp3) is 0.231. The SMILES string of the molecule is Cn1nc(Cn2c(=O)n(C)c3cc(Br)ccc32)cc1Cl. The quantitative estimate of drug-likeness (QED) is 0.709. The second kappa shape index (κ2) is 4.79. The van der Waals surface area contributed by atoms with Crippen LogP contribution in [-0.4, -0.2) is 18.9 Å². The number of fused-ring (bicyclic) bond motifs is 1. The number of benzene rings is 1. The van der Waals surface area contributed by atoms with Crippen LogP contribution in [0, 0.1) is 0 Å². The summed E-state index contributed by atoms with van der Waals surface area (Å²) in [4.78, 5) is 12.3. The fourth-order valence-electron chi connectivity index (χ4n) is 2.27. The summed E-state index contributed by atoms with van der Waals surface area (Å²) in [5.41, 5.74) is 2.45. The van der Waals surface area contributed by atoms with E-state index in [1.165, 1.54) is 0 Å². The zero-order chi connectivity index (χ0) is 14.4. The summed E-state index contributed by atoms with van der Waals surface area (Å²) in [7, 11) is 3.54. The van der Waals surface area contributed by atoms with E-state index in [4.69, 9.17) is 11.6 Å². The first kappa shape index (κ1) is 13.5. The molecule has 7 heteroatoms. The van der Waals surface area contributed by atoms with Crippen molar-refractivity contribution >= 4 is 38.6 Å². The Kier molecular flexibility index (Phi) is 3.22. The first-order valence-electron chi connectivity index (χ1n) is 6.00. The molecule has 0 spiro atoms. The van der Waals surface area contributed by atoms with Crippen LogP contribution in [0.5, 0.6) is 0 Å². The number of aryl methyl sites for hydroxylation is 2. The third kappa shape index (κ3) is 2.09. The summed E-state index contributed by atoms with van der Waals surface area (Å²) in [6, 6.07) is 7.54. The molecular formula is C13H12BrClN4O. The van der Waals surface area contributed by atoms with Gasteiger partial charge in [0.2, 0.25) is 0 Å². The van der Waals surface area contributed by atoms with Gasteiger partial charge in [-0.15, -0.1) is 0 Å². The Morgan fingerprint density at radius 2 is 2.00 bits per heavy atom. The van der Waals surface area contributed by atoms with Crippen molar-refractivity contribution in [3.05, 3.63) is 50.1 Å². The molecule has 3 aromatic rings. The highest BCUT2D eigenvalue weighted by Gasteiger charge is 2.13. The molecule has 0 radical (unpaired) electrons. The molecule has 20 heavy (non-hydrogen) atoms. The molecule has 2 aromatic heterocycles. The monoisotopic (exact) mass is 354 g/mol. The van der Waals surface area contributed by atoms with E-state index in [1.807, 2.05) is 18.2 Å². The van der Waals surface area contributed by atoms with Crippen LogP contribution in [0.25, 0.3) is 11.0 Å². The molecule has 0 N–H and O–H groups in total. The van der Waals surface area contributed by atoms with Crippen molar-refractivity contribution in [3.8, 4) is 0 Å². The van der Waals surface area contributed by atoms with E-state index in [9.17, 15) is 4.79 Å². The van der Waals surface area contributed by atoms with E-state index < -0.39 is 0 Å². The molecule has 0 saturated carbocycles. The highest BCUT2D eigenvalue weighted by molar-refractivity contribution is 9.10. The molecule has 5 nitrogen and oxygen atoms in total. The van der Waals surface area contributed by atoms with Crippen LogP contribution in [-0.2, 0) is 20.6 Å². The van der Waals surface area contributed by atoms with Crippen LogP contribution in [0.15, 0.2) is 33.5 Å². The number of hydrogen-bond donors (Lipinski definition) is 0. The van der Waals surface area contributed by atoms with Crippen LogP contribution >= 0.6 is 27.5 Å². The fourth-order valence-corrected chi connectivity index (χ4v) is 2.79. The van der Waals surface area contributed by atoms with Crippen molar-refractivity contribution in [2.24, 2.45) is 14.1 Å². The lowest BCUT2D eigenvalue weighted by atomic mass is 10.3. The summed E-state index contributed by atoms with van der Waals surface area (Å²) in [5.74, 6) is 0. The van der Waals surface area contributed by atoms with Gasteiger partial charge < -0.3 is 0 Å². The van der Waals surface area contributed by atoms with Crippen LogP contribution in [0.3, 0.4) is 0 Å². The molecule has 3 rings (SSSR count). The standard InChI is InChI=1S/C13H12BrClN4O/c1-17-11-5-8(14)3-4-10(11)19(13(17)20)7-9-6-12(15)18(2)16-9/h3-6H,7H2,1-2H3. The number of nitrogens with zero attached hydrogens (tertiary/aromatic N) is 4. The molecule has 0 unspecified atom stereocenters. The number of aromatic nitrogens is 4. The number of rotatable bonds is 2. The summed E-state index contributed by atoms with van der Waals surface area (Å²) in [5, 5.41) is 4.84. The van der Waals surface area contributed by atoms with Crippen LogP contribution in [0.2, 0.25) is 5.15 Å². The van der Waals surface area contributed by atoms with Crippen molar-refractivity contribution in [2.75, 3.05) is 0 Å². The lowest BCUT2D eigenvalue weighted by Gasteiger charge is -2.00. The van der Waals surface area contributed by atoms with Gasteiger partial charge in [0.05, 0.1) is 23.3 Å². The Labute approximate surface area is 128 Å². The molecule has 1 aromatic carbocycles. The highest BCUT2D eigenvalue weighted by Crippen LogP contribution is 2.19.